The van der Waals surface area contributed by atoms with Crippen molar-refractivity contribution >= 4 is 46.3 Å². The van der Waals surface area contributed by atoms with Crippen LogP contribution in [0.15, 0.2) is 59.5 Å². The number of aliphatic carboxylic acids is 1. The number of carbonyl (C=O) groups is 2. The van der Waals surface area contributed by atoms with Gasteiger partial charge in [0.1, 0.15) is 10.4 Å². The molecular formula is C21H19NO3S2. The van der Waals surface area contributed by atoms with Crippen molar-refractivity contribution in [3.63, 3.8) is 0 Å². The number of amides is 1. The lowest BCUT2D eigenvalue weighted by Crippen LogP contribution is -2.47. The standard InChI is InChI=1S/C21H19NO3S2/c1-13(2)18(20(24)25)22-19(23)17(27-21(22)26)12-14-8-10-16(11-9-14)15-6-4-3-5-7-15/h3-13,18H,1-2H3,(H,24,25)/b17-12+. The zero-order valence-corrected chi connectivity index (χ0v) is 16.6. The van der Waals surface area contributed by atoms with Gasteiger partial charge in [-0.25, -0.2) is 4.79 Å². The minimum absolute atomic E-state index is 0.241. The molecule has 0 bridgehead atoms. The predicted octanol–water partition coefficient (Wildman–Crippen LogP) is 4.66. The third-order valence-corrected chi connectivity index (χ3v) is 5.63. The number of carboxylic acids is 1. The molecule has 0 saturated carbocycles. The smallest absolute Gasteiger partial charge is 0.327 e. The fourth-order valence-electron chi connectivity index (χ4n) is 2.97. The number of rotatable bonds is 5. The largest absolute Gasteiger partial charge is 0.480 e. The highest BCUT2D eigenvalue weighted by Crippen LogP contribution is 2.35. The summed E-state index contributed by atoms with van der Waals surface area (Å²) < 4.78 is 0.285. The first-order valence-electron chi connectivity index (χ1n) is 8.54. The third kappa shape index (κ3) is 4.12. The summed E-state index contributed by atoms with van der Waals surface area (Å²) in [6.45, 7) is 3.53. The van der Waals surface area contributed by atoms with Gasteiger partial charge in [-0.05, 0) is 28.7 Å². The average Bonchev–Trinajstić information content (AvgIpc) is 2.90. The molecule has 1 amide bonds. The highest BCUT2D eigenvalue weighted by Gasteiger charge is 2.41. The molecule has 1 fully saturated rings. The van der Waals surface area contributed by atoms with E-state index >= 15 is 0 Å². The van der Waals surface area contributed by atoms with Crippen LogP contribution in [-0.4, -0.2) is 32.2 Å². The quantitative estimate of drug-likeness (QED) is 0.587. The lowest BCUT2D eigenvalue weighted by Gasteiger charge is -2.26. The van der Waals surface area contributed by atoms with E-state index < -0.39 is 12.0 Å². The molecule has 0 aliphatic carbocycles. The summed E-state index contributed by atoms with van der Waals surface area (Å²) in [6, 6.07) is 16.9. The molecule has 1 aliphatic rings. The zero-order valence-electron chi connectivity index (χ0n) is 15.0. The fourth-order valence-corrected chi connectivity index (χ4v) is 4.30. The first kappa shape index (κ1) is 19.3. The van der Waals surface area contributed by atoms with Crippen LogP contribution in [0, 0.1) is 5.92 Å². The predicted molar refractivity (Wildman–Crippen MR) is 113 cm³/mol. The minimum Gasteiger partial charge on any atom is -0.480 e. The van der Waals surface area contributed by atoms with Gasteiger partial charge in [0.05, 0.1) is 4.91 Å². The van der Waals surface area contributed by atoms with Crippen molar-refractivity contribution in [3.05, 3.63) is 65.1 Å². The van der Waals surface area contributed by atoms with Crippen molar-refractivity contribution in [2.24, 2.45) is 5.92 Å². The van der Waals surface area contributed by atoms with Crippen LogP contribution in [0.1, 0.15) is 19.4 Å². The molecule has 4 nitrogen and oxygen atoms in total. The Labute approximate surface area is 167 Å². The number of nitrogens with zero attached hydrogens (tertiary/aromatic N) is 1. The summed E-state index contributed by atoms with van der Waals surface area (Å²) in [6.07, 6.45) is 1.76. The minimum atomic E-state index is -1.05. The van der Waals surface area contributed by atoms with Gasteiger partial charge in [0, 0.05) is 0 Å². The van der Waals surface area contributed by atoms with Gasteiger partial charge in [0.15, 0.2) is 0 Å². The van der Waals surface area contributed by atoms with Crippen molar-refractivity contribution in [2.45, 2.75) is 19.9 Å². The summed E-state index contributed by atoms with van der Waals surface area (Å²) in [4.78, 5) is 26.0. The number of thiocarbonyl (C=S) groups is 1. The zero-order chi connectivity index (χ0) is 19.6. The SMILES string of the molecule is CC(C)C(C(=O)O)N1C(=O)/C(=C\c2ccc(-c3ccccc3)cc2)SC1=S. The van der Waals surface area contributed by atoms with Gasteiger partial charge in [-0.15, -0.1) is 0 Å². The maximum absolute atomic E-state index is 12.7. The van der Waals surface area contributed by atoms with E-state index in [0.717, 1.165) is 28.5 Å². The summed E-state index contributed by atoms with van der Waals surface area (Å²) in [5.74, 6) is -1.64. The lowest BCUT2D eigenvalue weighted by atomic mass is 10.0. The van der Waals surface area contributed by atoms with E-state index in [1.165, 1.54) is 4.90 Å². The number of carbonyl (C=O) groups excluding carboxylic acids is 1. The van der Waals surface area contributed by atoms with Gasteiger partial charge in [0.2, 0.25) is 0 Å². The van der Waals surface area contributed by atoms with Gasteiger partial charge in [0.25, 0.3) is 5.91 Å². The number of hydrogen-bond donors (Lipinski definition) is 1. The van der Waals surface area contributed by atoms with Crippen molar-refractivity contribution in [3.8, 4) is 11.1 Å². The van der Waals surface area contributed by atoms with Crippen LogP contribution < -0.4 is 0 Å². The van der Waals surface area contributed by atoms with Crippen LogP contribution in [0.25, 0.3) is 17.2 Å². The molecule has 2 aromatic rings. The summed E-state index contributed by atoms with van der Waals surface area (Å²) in [5.41, 5.74) is 3.08. The summed E-state index contributed by atoms with van der Waals surface area (Å²) >= 11 is 6.42. The Kier molecular flexibility index (Phi) is 5.77. The van der Waals surface area contributed by atoms with E-state index in [0.29, 0.717) is 4.91 Å². The van der Waals surface area contributed by atoms with Crippen LogP contribution in [0.3, 0.4) is 0 Å². The number of benzene rings is 2. The summed E-state index contributed by atoms with van der Waals surface area (Å²) in [7, 11) is 0. The monoisotopic (exact) mass is 397 g/mol. The molecule has 0 radical (unpaired) electrons. The maximum Gasteiger partial charge on any atom is 0.327 e. The maximum atomic E-state index is 12.7. The molecule has 0 aromatic heterocycles. The Balaban J connectivity index is 1.84. The van der Waals surface area contributed by atoms with Gasteiger partial charge < -0.3 is 5.11 Å². The van der Waals surface area contributed by atoms with E-state index in [-0.39, 0.29) is 16.1 Å². The Bertz CT molecular complexity index is 905. The Morgan fingerprint density at radius 1 is 1.07 bits per heavy atom. The molecule has 1 unspecified atom stereocenters. The van der Waals surface area contributed by atoms with E-state index in [9.17, 15) is 14.7 Å². The second-order valence-corrected chi connectivity index (χ2v) is 8.24. The molecule has 3 rings (SSSR count). The Morgan fingerprint density at radius 3 is 2.22 bits per heavy atom. The molecule has 0 spiro atoms. The molecule has 138 valence electrons. The van der Waals surface area contributed by atoms with Gasteiger partial charge in [-0.3, -0.25) is 9.69 Å². The topological polar surface area (TPSA) is 57.6 Å². The van der Waals surface area contributed by atoms with Crippen LogP contribution >= 0.6 is 24.0 Å². The van der Waals surface area contributed by atoms with Crippen LogP contribution in [0.4, 0.5) is 0 Å². The Morgan fingerprint density at radius 2 is 1.67 bits per heavy atom. The normalized spacial score (nSPS) is 17.0. The van der Waals surface area contributed by atoms with E-state index in [2.05, 4.69) is 0 Å². The van der Waals surface area contributed by atoms with Gasteiger partial charge >= 0.3 is 5.97 Å². The van der Waals surface area contributed by atoms with Gasteiger partial charge in [-0.2, -0.15) is 0 Å². The molecule has 6 heteroatoms. The van der Waals surface area contributed by atoms with Crippen molar-refractivity contribution in [2.75, 3.05) is 0 Å². The number of thioether (sulfide) groups is 1. The van der Waals surface area contributed by atoms with Crippen molar-refractivity contribution in [1.29, 1.82) is 0 Å². The number of hydrogen-bond acceptors (Lipinski definition) is 4. The molecule has 2 aromatic carbocycles. The van der Waals surface area contributed by atoms with Gasteiger partial charge in [-0.1, -0.05) is 92.4 Å². The molecule has 1 saturated heterocycles. The molecule has 1 atom stereocenters. The first-order chi connectivity index (χ1) is 12.9. The number of carboxylic acid groups (broad SMARTS) is 1. The van der Waals surface area contributed by atoms with E-state index in [1.54, 1.807) is 19.9 Å². The van der Waals surface area contributed by atoms with Crippen molar-refractivity contribution < 1.29 is 14.7 Å². The molecule has 27 heavy (non-hydrogen) atoms. The van der Waals surface area contributed by atoms with Crippen LogP contribution in [0.5, 0.6) is 0 Å². The van der Waals surface area contributed by atoms with E-state index in [4.69, 9.17) is 12.2 Å². The molecular weight excluding hydrogens is 378 g/mol. The van der Waals surface area contributed by atoms with E-state index in [1.807, 2.05) is 54.6 Å². The highest BCUT2D eigenvalue weighted by atomic mass is 32.2. The second kappa shape index (κ2) is 8.06. The van der Waals surface area contributed by atoms with Crippen molar-refractivity contribution in [1.82, 2.24) is 4.90 Å². The summed E-state index contributed by atoms with van der Waals surface area (Å²) in [5, 5.41) is 9.47. The Hall–Kier alpha value is -2.44. The molecule has 1 N–H and O–H groups in total. The van der Waals surface area contributed by atoms with Crippen LogP contribution in [0.2, 0.25) is 0 Å². The van der Waals surface area contributed by atoms with Crippen LogP contribution in [-0.2, 0) is 9.59 Å². The second-order valence-electron chi connectivity index (χ2n) is 6.57. The molecule has 1 aliphatic heterocycles. The first-order valence-corrected chi connectivity index (χ1v) is 9.76. The fraction of sp³-hybridized carbons (Fsp3) is 0.190. The average molecular weight is 398 g/mol. The highest BCUT2D eigenvalue weighted by molar-refractivity contribution is 8.26. The lowest BCUT2D eigenvalue weighted by molar-refractivity contribution is -0.146. The third-order valence-electron chi connectivity index (χ3n) is 4.30. The molecule has 1 heterocycles.